The van der Waals surface area contributed by atoms with Gasteiger partial charge in [-0.25, -0.2) is 4.98 Å². The Balaban J connectivity index is 0.00000264. The number of hydrogen-bond acceptors (Lipinski definition) is 5. The number of likely N-dealkylation sites (N-methyl/N-ethyl adjacent to an activating group) is 1. The van der Waals surface area contributed by atoms with Crippen LogP contribution in [0.2, 0.25) is 0 Å². The maximum absolute atomic E-state index is 11.9. The van der Waals surface area contributed by atoms with Crippen molar-refractivity contribution < 1.29 is 9.53 Å². The van der Waals surface area contributed by atoms with Crippen LogP contribution >= 0.6 is 23.7 Å². The summed E-state index contributed by atoms with van der Waals surface area (Å²) in [7, 11) is 1.85. The van der Waals surface area contributed by atoms with Gasteiger partial charge in [0.25, 0.3) is 5.91 Å². The molecule has 1 aromatic carbocycles. The standard InChI is InChI=1S/C16H21N3O2S.ClH/c1-3-10-21-13-6-4-12(5-7-13)16-19-14(11-22-16)15(20)18-9-8-17-2;/h4-7,11,17H,3,8-10H2,1-2H3,(H,18,20);1H. The second-order valence-electron chi connectivity index (χ2n) is 4.77. The molecule has 5 nitrogen and oxygen atoms in total. The molecule has 0 spiro atoms. The summed E-state index contributed by atoms with van der Waals surface area (Å²) in [5, 5.41) is 8.42. The third-order valence-corrected chi connectivity index (χ3v) is 3.86. The third-order valence-electron chi connectivity index (χ3n) is 2.97. The van der Waals surface area contributed by atoms with Crippen molar-refractivity contribution in [2.75, 3.05) is 26.7 Å². The van der Waals surface area contributed by atoms with Gasteiger partial charge < -0.3 is 15.4 Å². The normalized spacial score (nSPS) is 10.0. The summed E-state index contributed by atoms with van der Waals surface area (Å²) in [6.45, 7) is 4.12. The van der Waals surface area contributed by atoms with Crippen molar-refractivity contribution in [1.29, 1.82) is 0 Å². The summed E-state index contributed by atoms with van der Waals surface area (Å²) >= 11 is 1.47. The summed E-state index contributed by atoms with van der Waals surface area (Å²) in [5.74, 6) is 0.716. The zero-order valence-corrected chi connectivity index (χ0v) is 14.9. The van der Waals surface area contributed by atoms with Crippen LogP contribution in [-0.4, -0.2) is 37.6 Å². The molecule has 1 heterocycles. The number of halogens is 1. The van der Waals surface area contributed by atoms with Gasteiger partial charge in [-0.2, -0.15) is 0 Å². The fourth-order valence-electron chi connectivity index (χ4n) is 1.82. The highest BCUT2D eigenvalue weighted by Crippen LogP contribution is 2.25. The number of aromatic nitrogens is 1. The largest absolute Gasteiger partial charge is 0.494 e. The molecule has 1 aromatic heterocycles. The second-order valence-corrected chi connectivity index (χ2v) is 5.63. The van der Waals surface area contributed by atoms with Crippen LogP contribution in [0.4, 0.5) is 0 Å². The van der Waals surface area contributed by atoms with Crippen molar-refractivity contribution in [2.24, 2.45) is 0 Å². The minimum absolute atomic E-state index is 0. The van der Waals surface area contributed by atoms with E-state index in [9.17, 15) is 4.79 Å². The Morgan fingerprint density at radius 3 is 2.65 bits per heavy atom. The van der Waals surface area contributed by atoms with Crippen molar-refractivity contribution in [2.45, 2.75) is 13.3 Å². The number of carbonyl (C=O) groups excluding carboxylic acids is 1. The Hall–Kier alpha value is -1.63. The number of amides is 1. The fraction of sp³-hybridized carbons (Fsp3) is 0.375. The van der Waals surface area contributed by atoms with Gasteiger partial charge in [0.2, 0.25) is 0 Å². The van der Waals surface area contributed by atoms with Gasteiger partial charge in [0, 0.05) is 24.0 Å². The molecule has 1 amide bonds. The summed E-state index contributed by atoms with van der Waals surface area (Å²) < 4.78 is 5.56. The van der Waals surface area contributed by atoms with E-state index in [1.54, 1.807) is 5.38 Å². The molecule has 0 aliphatic carbocycles. The molecule has 2 rings (SSSR count). The number of nitrogens with zero attached hydrogens (tertiary/aromatic N) is 1. The maximum atomic E-state index is 11.9. The molecule has 0 bridgehead atoms. The summed E-state index contributed by atoms with van der Waals surface area (Å²) in [6.07, 6.45) is 0.986. The molecule has 0 atom stereocenters. The molecule has 2 N–H and O–H groups in total. The van der Waals surface area contributed by atoms with Crippen LogP contribution in [0.15, 0.2) is 29.6 Å². The van der Waals surface area contributed by atoms with Gasteiger partial charge in [-0.3, -0.25) is 4.79 Å². The molecule has 7 heteroatoms. The molecule has 0 fully saturated rings. The first kappa shape index (κ1) is 19.4. The van der Waals surface area contributed by atoms with Crippen LogP contribution in [0.25, 0.3) is 10.6 Å². The van der Waals surface area contributed by atoms with Gasteiger partial charge in [-0.15, -0.1) is 23.7 Å². The summed E-state index contributed by atoms with van der Waals surface area (Å²) in [5.41, 5.74) is 1.45. The van der Waals surface area contributed by atoms with Gasteiger partial charge >= 0.3 is 0 Å². The van der Waals surface area contributed by atoms with E-state index in [1.807, 2.05) is 31.3 Å². The lowest BCUT2D eigenvalue weighted by molar-refractivity contribution is 0.0950. The molecular weight excluding hydrogens is 334 g/mol. The Labute approximate surface area is 146 Å². The minimum Gasteiger partial charge on any atom is -0.494 e. The van der Waals surface area contributed by atoms with Crippen LogP contribution < -0.4 is 15.4 Å². The third kappa shape index (κ3) is 5.82. The molecule has 23 heavy (non-hydrogen) atoms. The molecule has 0 saturated carbocycles. The van der Waals surface area contributed by atoms with E-state index >= 15 is 0 Å². The molecule has 0 aliphatic rings. The number of carbonyl (C=O) groups is 1. The first-order chi connectivity index (χ1) is 10.7. The number of thiazole rings is 1. The predicted molar refractivity (Wildman–Crippen MR) is 96.8 cm³/mol. The zero-order chi connectivity index (χ0) is 15.8. The molecule has 0 unspecified atom stereocenters. The van der Waals surface area contributed by atoms with E-state index in [0.717, 1.165) is 29.3 Å². The van der Waals surface area contributed by atoms with E-state index in [-0.39, 0.29) is 18.3 Å². The highest BCUT2D eigenvalue weighted by atomic mass is 35.5. The molecule has 126 valence electrons. The van der Waals surface area contributed by atoms with Gasteiger partial charge in [-0.05, 0) is 37.7 Å². The molecule has 0 saturated heterocycles. The highest BCUT2D eigenvalue weighted by Gasteiger charge is 2.11. The average Bonchev–Trinajstić information content (AvgIpc) is 3.03. The Kier molecular flexibility index (Phi) is 8.61. The zero-order valence-electron chi connectivity index (χ0n) is 13.3. The number of benzene rings is 1. The van der Waals surface area contributed by atoms with Crippen molar-refractivity contribution >= 4 is 29.7 Å². The smallest absolute Gasteiger partial charge is 0.270 e. The molecule has 2 aromatic rings. The lowest BCUT2D eigenvalue weighted by Crippen LogP contribution is -2.30. The highest BCUT2D eigenvalue weighted by molar-refractivity contribution is 7.13. The first-order valence-corrected chi connectivity index (χ1v) is 8.24. The van der Waals surface area contributed by atoms with E-state index in [4.69, 9.17) is 4.74 Å². The quantitative estimate of drug-likeness (QED) is 0.714. The van der Waals surface area contributed by atoms with Crippen molar-refractivity contribution in [1.82, 2.24) is 15.6 Å². The van der Waals surface area contributed by atoms with Crippen LogP contribution in [0.3, 0.4) is 0 Å². The molecular formula is C16H22ClN3O2S. The van der Waals surface area contributed by atoms with E-state index in [2.05, 4.69) is 22.5 Å². The lowest BCUT2D eigenvalue weighted by Gasteiger charge is -2.04. The SMILES string of the molecule is CCCOc1ccc(-c2nc(C(=O)NCCNC)cs2)cc1.Cl. The Morgan fingerprint density at radius 1 is 1.26 bits per heavy atom. The predicted octanol–water partition coefficient (Wildman–Crippen LogP) is 2.97. The van der Waals surface area contributed by atoms with Crippen LogP contribution in [0.5, 0.6) is 5.75 Å². The van der Waals surface area contributed by atoms with Gasteiger partial charge in [0.15, 0.2) is 0 Å². The summed E-state index contributed by atoms with van der Waals surface area (Å²) in [6, 6.07) is 7.79. The van der Waals surface area contributed by atoms with Crippen LogP contribution in [0, 0.1) is 0 Å². The topological polar surface area (TPSA) is 63.2 Å². The lowest BCUT2D eigenvalue weighted by atomic mass is 10.2. The Bertz CT molecular complexity index is 602. The molecule has 0 aliphatic heterocycles. The van der Waals surface area contributed by atoms with Crippen LogP contribution in [0.1, 0.15) is 23.8 Å². The van der Waals surface area contributed by atoms with Crippen LogP contribution in [-0.2, 0) is 0 Å². The molecule has 0 radical (unpaired) electrons. The number of ether oxygens (including phenoxy) is 1. The number of hydrogen-bond donors (Lipinski definition) is 2. The van der Waals surface area contributed by atoms with E-state index < -0.39 is 0 Å². The van der Waals surface area contributed by atoms with E-state index in [0.29, 0.717) is 18.8 Å². The number of rotatable bonds is 8. The van der Waals surface area contributed by atoms with Crippen molar-refractivity contribution in [3.05, 3.63) is 35.3 Å². The van der Waals surface area contributed by atoms with Crippen molar-refractivity contribution in [3.63, 3.8) is 0 Å². The fourth-order valence-corrected chi connectivity index (χ4v) is 2.62. The first-order valence-electron chi connectivity index (χ1n) is 7.36. The van der Waals surface area contributed by atoms with Gasteiger partial charge in [0.1, 0.15) is 16.5 Å². The van der Waals surface area contributed by atoms with Gasteiger partial charge in [0.05, 0.1) is 6.61 Å². The Morgan fingerprint density at radius 2 is 2.00 bits per heavy atom. The van der Waals surface area contributed by atoms with Gasteiger partial charge in [-0.1, -0.05) is 6.92 Å². The average molecular weight is 356 g/mol. The van der Waals surface area contributed by atoms with Crippen molar-refractivity contribution in [3.8, 4) is 16.3 Å². The van der Waals surface area contributed by atoms with E-state index in [1.165, 1.54) is 11.3 Å². The number of nitrogens with one attached hydrogen (secondary N) is 2. The monoisotopic (exact) mass is 355 g/mol. The second kappa shape index (κ2) is 10.2. The minimum atomic E-state index is -0.138. The summed E-state index contributed by atoms with van der Waals surface area (Å²) in [4.78, 5) is 16.3. The maximum Gasteiger partial charge on any atom is 0.270 e.